The molecule has 1 aliphatic heterocycles. The first-order chi connectivity index (χ1) is 12.4. The molecule has 6 heteroatoms. The number of hydrogen-bond acceptors (Lipinski definition) is 3. The van der Waals surface area contributed by atoms with Gasteiger partial charge in [-0.15, -0.1) is 0 Å². The molecule has 1 unspecified atom stereocenters. The first-order valence-corrected chi connectivity index (χ1v) is 9.47. The molecule has 0 bridgehead atoms. The second-order valence-electron chi connectivity index (χ2n) is 7.80. The van der Waals surface area contributed by atoms with Crippen molar-refractivity contribution >= 4 is 5.91 Å². The summed E-state index contributed by atoms with van der Waals surface area (Å²) in [6.45, 7) is 7.46. The number of carbonyl (C=O) groups is 1. The van der Waals surface area contributed by atoms with Crippen LogP contribution in [0.25, 0.3) is 0 Å². The number of methoxy groups -OCH3 is 1. The van der Waals surface area contributed by atoms with Crippen molar-refractivity contribution < 1.29 is 18.3 Å². The highest BCUT2D eigenvalue weighted by molar-refractivity contribution is 5.94. The van der Waals surface area contributed by atoms with Gasteiger partial charge in [-0.3, -0.25) is 9.69 Å². The van der Waals surface area contributed by atoms with E-state index in [-0.39, 0.29) is 17.4 Å². The molecule has 1 aliphatic carbocycles. The van der Waals surface area contributed by atoms with E-state index in [1.54, 1.807) is 4.90 Å². The molecule has 0 N–H and O–H groups in total. The number of hydrogen-bond donors (Lipinski definition) is 0. The van der Waals surface area contributed by atoms with Crippen LogP contribution in [0.4, 0.5) is 8.78 Å². The van der Waals surface area contributed by atoms with Crippen molar-refractivity contribution in [3.63, 3.8) is 0 Å². The Labute approximate surface area is 154 Å². The van der Waals surface area contributed by atoms with Gasteiger partial charge >= 0.3 is 0 Å². The van der Waals surface area contributed by atoms with E-state index in [9.17, 15) is 13.6 Å². The molecule has 1 atom stereocenters. The summed E-state index contributed by atoms with van der Waals surface area (Å²) < 4.78 is 33.1. The van der Waals surface area contributed by atoms with E-state index in [1.807, 2.05) is 0 Å². The Morgan fingerprint density at radius 2 is 1.96 bits per heavy atom. The Kier molecular flexibility index (Phi) is 5.80. The SMILES string of the molecule is COc1ccc(C(=O)N2CCCN(CC3CC3)C(C(C)C)C2)c(F)c1F. The highest BCUT2D eigenvalue weighted by atomic mass is 19.2. The lowest BCUT2D eigenvalue weighted by Crippen LogP contribution is -2.46. The first-order valence-electron chi connectivity index (χ1n) is 9.47. The molecule has 3 rings (SSSR count). The molecule has 1 amide bonds. The number of rotatable bonds is 5. The van der Waals surface area contributed by atoms with Crippen molar-refractivity contribution in [1.82, 2.24) is 9.80 Å². The van der Waals surface area contributed by atoms with Crippen molar-refractivity contribution in [2.45, 2.75) is 39.2 Å². The number of carbonyl (C=O) groups excluding carboxylic acids is 1. The molecule has 26 heavy (non-hydrogen) atoms. The predicted molar refractivity (Wildman–Crippen MR) is 96.4 cm³/mol. The Morgan fingerprint density at radius 1 is 1.23 bits per heavy atom. The van der Waals surface area contributed by atoms with Gasteiger partial charge in [0, 0.05) is 32.2 Å². The monoisotopic (exact) mass is 366 g/mol. The average molecular weight is 366 g/mol. The summed E-state index contributed by atoms with van der Waals surface area (Å²) in [6, 6.07) is 2.87. The predicted octanol–water partition coefficient (Wildman–Crippen LogP) is 3.56. The summed E-state index contributed by atoms with van der Waals surface area (Å²) in [5.74, 6) is -1.70. The summed E-state index contributed by atoms with van der Waals surface area (Å²) in [6.07, 6.45) is 3.43. The normalized spacial score (nSPS) is 21.8. The van der Waals surface area contributed by atoms with Crippen LogP contribution in [0.1, 0.15) is 43.5 Å². The van der Waals surface area contributed by atoms with E-state index < -0.39 is 17.5 Å². The number of ether oxygens (including phenoxy) is 1. The molecule has 4 nitrogen and oxygen atoms in total. The second kappa shape index (κ2) is 7.91. The van der Waals surface area contributed by atoms with E-state index in [4.69, 9.17) is 4.74 Å². The Hall–Kier alpha value is -1.69. The zero-order chi connectivity index (χ0) is 18.8. The maximum atomic E-state index is 14.4. The molecule has 0 spiro atoms. The molecule has 1 saturated carbocycles. The van der Waals surface area contributed by atoms with Gasteiger partial charge in [-0.25, -0.2) is 4.39 Å². The Bertz CT molecular complexity index is 661. The lowest BCUT2D eigenvalue weighted by Gasteiger charge is -2.34. The maximum absolute atomic E-state index is 14.4. The van der Waals surface area contributed by atoms with Gasteiger partial charge in [-0.2, -0.15) is 4.39 Å². The molecule has 0 radical (unpaired) electrons. The van der Waals surface area contributed by atoms with Gasteiger partial charge in [0.15, 0.2) is 11.6 Å². The summed E-state index contributed by atoms with van der Waals surface area (Å²) >= 11 is 0. The van der Waals surface area contributed by atoms with Gasteiger partial charge in [0.2, 0.25) is 5.82 Å². The van der Waals surface area contributed by atoms with E-state index in [0.29, 0.717) is 19.0 Å². The van der Waals surface area contributed by atoms with E-state index in [1.165, 1.54) is 32.1 Å². The fourth-order valence-electron chi connectivity index (χ4n) is 3.76. The summed E-state index contributed by atoms with van der Waals surface area (Å²) in [5, 5.41) is 0. The molecule has 1 aromatic carbocycles. The molecule has 1 heterocycles. The van der Waals surface area contributed by atoms with Crippen LogP contribution in [0.15, 0.2) is 12.1 Å². The van der Waals surface area contributed by atoms with Crippen LogP contribution in [-0.4, -0.2) is 55.0 Å². The quantitative estimate of drug-likeness (QED) is 0.799. The van der Waals surface area contributed by atoms with Crippen LogP contribution in [0.5, 0.6) is 5.75 Å². The number of benzene rings is 1. The number of halogens is 2. The van der Waals surface area contributed by atoms with Crippen molar-refractivity contribution in [3.05, 3.63) is 29.3 Å². The van der Waals surface area contributed by atoms with Crippen molar-refractivity contribution in [3.8, 4) is 5.75 Å². The number of nitrogens with zero attached hydrogens (tertiary/aromatic N) is 2. The highest BCUT2D eigenvalue weighted by Crippen LogP contribution is 2.32. The van der Waals surface area contributed by atoms with Crippen LogP contribution >= 0.6 is 0 Å². The minimum Gasteiger partial charge on any atom is -0.494 e. The van der Waals surface area contributed by atoms with Crippen molar-refractivity contribution in [1.29, 1.82) is 0 Å². The standard InChI is InChI=1S/C20H28F2N2O2/c1-13(2)16-12-24(10-4-9-23(16)11-14-5-6-14)20(25)15-7-8-17(26-3)19(22)18(15)21/h7-8,13-14,16H,4-6,9-12H2,1-3H3. The smallest absolute Gasteiger partial charge is 0.256 e. The van der Waals surface area contributed by atoms with Crippen LogP contribution in [0, 0.1) is 23.5 Å². The van der Waals surface area contributed by atoms with Gasteiger partial charge in [-0.1, -0.05) is 13.8 Å². The van der Waals surface area contributed by atoms with Crippen molar-refractivity contribution in [2.24, 2.45) is 11.8 Å². The Balaban J connectivity index is 1.79. The third-order valence-corrected chi connectivity index (χ3v) is 5.49. The lowest BCUT2D eigenvalue weighted by molar-refractivity contribution is 0.0698. The molecule has 1 saturated heterocycles. The topological polar surface area (TPSA) is 32.8 Å². The van der Waals surface area contributed by atoms with Gasteiger partial charge in [-0.05, 0) is 43.2 Å². The third-order valence-electron chi connectivity index (χ3n) is 5.49. The molecule has 144 valence electrons. The minimum absolute atomic E-state index is 0.189. The summed E-state index contributed by atoms with van der Waals surface area (Å²) in [7, 11) is 1.27. The average Bonchev–Trinajstić information content (AvgIpc) is 3.44. The Morgan fingerprint density at radius 3 is 2.58 bits per heavy atom. The zero-order valence-corrected chi connectivity index (χ0v) is 15.8. The fourth-order valence-corrected chi connectivity index (χ4v) is 3.76. The van der Waals surface area contributed by atoms with Crippen LogP contribution in [0.2, 0.25) is 0 Å². The van der Waals surface area contributed by atoms with Crippen LogP contribution in [0.3, 0.4) is 0 Å². The fraction of sp³-hybridized carbons (Fsp3) is 0.650. The van der Waals surface area contributed by atoms with E-state index >= 15 is 0 Å². The largest absolute Gasteiger partial charge is 0.494 e. The first kappa shape index (κ1) is 19.1. The van der Waals surface area contributed by atoms with E-state index in [0.717, 1.165) is 25.4 Å². The van der Waals surface area contributed by atoms with Crippen LogP contribution in [-0.2, 0) is 0 Å². The molecule has 0 aromatic heterocycles. The number of amides is 1. The van der Waals surface area contributed by atoms with Gasteiger partial charge in [0.1, 0.15) is 0 Å². The van der Waals surface area contributed by atoms with Crippen LogP contribution < -0.4 is 4.74 Å². The molecule has 2 aliphatic rings. The van der Waals surface area contributed by atoms with Crippen molar-refractivity contribution in [2.75, 3.05) is 33.3 Å². The highest BCUT2D eigenvalue weighted by Gasteiger charge is 2.34. The third kappa shape index (κ3) is 4.00. The summed E-state index contributed by atoms with van der Waals surface area (Å²) in [5.41, 5.74) is -0.221. The molecule has 2 fully saturated rings. The second-order valence-corrected chi connectivity index (χ2v) is 7.80. The van der Waals surface area contributed by atoms with Gasteiger partial charge in [0.05, 0.1) is 12.7 Å². The molecular formula is C20H28F2N2O2. The summed E-state index contributed by atoms with van der Waals surface area (Å²) in [4.78, 5) is 17.1. The van der Waals surface area contributed by atoms with E-state index in [2.05, 4.69) is 18.7 Å². The minimum atomic E-state index is -1.13. The lowest BCUT2D eigenvalue weighted by atomic mass is 10.0. The van der Waals surface area contributed by atoms with Gasteiger partial charge < -0.3 is 9.64 Å². The zero-order valence-electron chi connectivity index (χ0n) is 15.8. The maximum Gasteiger partial charge on any atom is 0.256 e. The van der Waals surface area contributed by atoms with Gasteiger partial charge in [0.25, 0.3) is 5.91 Å². The molecule has 1 aromatic rings. The molecular weight excluding hydrogens is 338 g/mol.